The summed E-state index contributed by atoms with van der Waals surface area (Å²) in [6.45, 7) is 2.70. The molecule has 1 fully saturated rings. The fourth-order valence-electron chi connectivity index (χ4n) is 1.86. The fraction of sp³-hybridized carbons (Fsp3) is 0.818. The first kappa shape index (κ1) is 14.9. The Morgan fingerprint density at radius 2 is 1.83 bits per heavy atom. The van der Waals surface area contributed by atoms with Crippen molar-refractivity contribution in [1.82, 2.24) is 5.32 Å². The van der Waals surface area contributed by atoms with Crippen molar-refractivity contribution in [3.63, 3.8) is 0 Å². The second-order valence-corrected chi connectivity index (χ2v) is 7.87. The summed E-state index contributed by atoms with van der Waals surface area (Å²) in [5.74, 6) is -1.88. The van der Waals surface area contributed by atoms with E-state index in [1.165, 1.54) is 13.8 Å². The highest BCUT2D eigenvalue weighted by Crippen LogP contribution is 2.26. The monoisotopic (exact) mass is 277 g/mol. The van der Waals surface area contributed by atoms with E-state index in [9.17, 15) is 18.0 Å². The molecule has 6 nitrogen and oxygen atoms in total. The molecule has 0 saturated heterocycles. The molecule has 18 heavy (non-hydrogen) atoms. The van der Waals surface area contributed by atoms with E-state index < -0.39 is 32.4 Å². The first-order chi connectivity index (χ1) is 8.05. The highest BCUT2D eigenvalue weighted by atomic mass is 32.2. The third-order valence-electron chi connectivity index (χ3n) is 3.59. The Bertz CT molecular complexity index is 454. The lowest BCUT2D eigenvalue weighted by Crippen LogP contribution is -2.50. The maximum atomic E-state index is 11.9. The van der Waals surface area contributed by atoms with E-state index in [-0.39, 0.29) is 6.04 Å². The predicted molar refractivity (Wildman–Crippen MR) is 65.8 cm³/mol. The molecule has 1 aliphatic carbocycles. The van der Waals surface area contributed by atoms with Crippen LogP contribution in [0.4, 0.5) is 0 Å². The Hall–Kier alpha value is -1.11. The minimum Gasteiger partial charge on any atom is -0.481 e. The zero-order valence-electron chi connectivity index (χ0n) is 10.8. The van der Waals surface area contributed by atoms with Crippen molar-refractivity contribution >= 4 is 21.7 Å². The molecule has 0 heterocycles. The van der Waals surface area contributed by atoms with Crippen molar-refractivity contribution < 1.29 is 23.1 Å². The molecule has 0 radical (unpaired) electrons. The molecule has 1 rings (SSSR count). The van der Waals surface area contributed by atoms with Gasteiger partial charge in [-0.05, 0) is 33.1 Å². The molecular formula is C11H19NO5S. The number of hydrogen-bond acceptors (Lipinski definition) is 4. The van der Waals surface area contributed by atoms with Crippen molar-refractivity contribution in [2.45, 2.75) is 43.9 Å². The standard InChI is InChI=1S/C11H19NO5S/c1-11(2,18(3,16)17)10(15)12-8-5-4-7(6-8)9(13)14/h7-8H,4-6H2,1-3H3,(H,12,15)(H,13,14)/t7-,8+/m0/s1. The normalized spacial score (nSPS) is 24.8. The van der Waals surface area contributed by atoms with E-state index in [1.807, 2.05) is 0 Å². The summed E-state index contributed by atoms with van der Waals surface area (Å²) in [6.07, 6.45) is 2.46. The molecule has 0 unspecified atom stereocenters. The van der Waals surface area contributed by atoms with Crippen molar-refractivity contribution in [3.8, 4) is 0 Å². The van der Waals surface area contributed by atoms with Crippen molar-refractivity contribution in [2.75, 3.05) is 6.26 Å². The van der Waals surface area contributed by atoms with Crippen LogP contribution in [0.5, 0.6) is 0 Å². The summed E-state index contributed by atoms with van der Waals surface area (Å²) in [6, 6.07) is -0.250. The third kappa shape index (κ3) is 3.01. The Balaban J connectivity index is 2.65. The summed E-state index contributed by atoms with van der Waals surface area (Å²) in [4.78, 5) is 22.7. The number of hydrogen-bond donors (Lipinski definition) is 2. The number of nitrogens with one attached hydrogen (secondary N) is 1. The molecule has 0 aromatic rings. The van der Waals surface area contributed by atoms with E-state index in [0.717, 1.165) is 6.26 Å². The van der Waals surface area contributed by atoms with Crippen LogP contribution in [0.3, 0.4) is 0 Å². The number of aliphatic carboxylic acids is 1. The van der Waals surface area contributed by atoms with Crippen LogP contribution in [0.1, 0.15) is 33.1 Å². The summed E-state index contributed by atoms with van der Waals surface area (Å²) in [5, 5.41) is 11.5. The molecular weight excluding hydrogens is 258 g/mol. The molecule has 0 spiro atoms. The Morgan fingerprint density at radius 1 is 1.28 bits per heavy atom. The number of sulfone groups is 1. The van der Waals surface area contributed by atoms with Gasteiger partial charge in [-0.2, -0.15) is 0 Å². The van der Waals surface area contributed by atoms with E-state index in [0.29, 0.717) is 19.3 Å². The van der Waals surface area contributed by atoms with Gasteiger partial charge in [-0.15, -0.1) is 0 Å². The number of carboxylic acids is 1. The fourth-order valence-corrected chi connectivity index (χ4v) is 2.26. The van der Waals surface area contributed by atoms with Crippen LogP contribution >= 0.6 is 0 Å². The van der Waals surface area contributed by atoms with Crippen LogP contribution in [0.15, 0.2) is 0 Å². The van der Waals surface area contributed by atoms with Gasteiger partial charge in [-0.3, -0.25) is 9.59 Å². The number of rotatable bonds is 4. The lowest BCUT2D eigenvalue weighted by atomic mass is 10.1. The molecule has 7 heteroatoms. The molecule has 1 aliphatic rings. The summed E-state index contributed by atoms with van der Waals surface area (Å²) >= 11 is 0. The molecule has 104 valence electrons. The quantitative estimate of drug-likeness (QED) is 0.763. The molecule has 1 saturated carbocycles. The van der Waals surface area contributed by atoms with E-state index in [4.69, 9.17) is 5.11 Å². The summed E-state index contributed by atoms with van der Waals surface area (Å²) in [5.41, 5.74) is 0. The molecule has 2 N–H and O–H groups in total. The van der Waals surface area contributed by atoms with Crippen LogP contribution in [-0.4, -0.2) is 42.4 Å². The van der Waals surface area contributed by atoms with Gasteiger partial charge < -0.3 is 10.4 Å². The van der Waals surface area contributed by atoms with Gasteiger partial charge in [0.05, 0.1) is 5.92 Å². The average molecular weight is 277 g/mol. The predicted octanol–water partition coefficient (Wildman–Crippen LogP) is 0.179. The highest BCUT2D eigenvalue weighted by Gasteiger charge is 2.40. The zero-order valence-corrected chi connectivity index (χ0v) is 11.6. The number of carbonyl (C=O) groups excluding carboxylic acids is 1. The van der Waals surface area contributed by atoms with Gasteiger partial charge in [0.2, 0.25) is 5.91 Å². The van der Waals surface area contributed by atoms with E-state index in [2.05, 4.69) is 5.32 Å². The molecule has 2 atom stereocenters. The zero-order chi connectivity index (χ0) is 14.1. The summed E-state index contributed by atoms with van der Waals surface area (Å²) < 4.78 is 21.5. The third-order valence-corrected chi connectivity index (χ3v) is 5.63. The minimum absolute atomic E-state index is 0.250. The van der Waals surface area contributed by atoms with Crippen molar-refractivity contribution in [3.05, 3.63) is 0 Å². The topological polar surface area (TPSA) is 101 Å². The van der Waals surface area contributed by atoms with Crippen molar-refractivity contribution in [2.24, 2.45) is 5.92 Å². The van der Waals surface area contributed by atoms with Gasteiger partial charge in [0.25, 0.3) is 0 Å². The van der Waals surface area contributed by atoms with Gasteiger partial charge in [-0.25, -0.2) is 8.42 Å². The minimum atomic E-state index is -3.50. The second-order valence-electron chi connectivity index (χ2n) is 5.30. The van der Waals surface area contributed by atoms with Gasteiger partial charge >= 0.3 is 5.97 Å². The lowest BCUT2D eigenvalue weighted by molar-refractivity contribution is -0.141. The SMILES string of the molecule is CC(C)(C(=O)N[C@@H]1CC[C@H](C(=O)O)C1)S(C)(=O)=O. The smallest absolute Gasteiger partial charge is 0.306 e. The first-order valence-corrected chi connectivity index (χ1v) is 7.68. The van der Waals surface area contributed by atoms with Gasteiger partial charge in [-0.1, -0.05) is 0 Å². The Morgan fingerprint density at radius 3 is 2.22 bits per heavy atom. The lowest BCUT2D eigenvalue weighted by Gasteiger charge is -2.24. The van der Waals surface area contributed by atoms with Crippen molar-refractivity contribution in [1.29, 1.82) is 0 Å². The van der Waals surface area contributed by atoms with Gasteiger partial charge in [0.1, 0.15) is 4.75 Å². The number of carboxylic acid groups (broad SMARTS) is 1. The van der Waals surface area contributed by atoms with Crippen LogP contribution < -0.4 is 5.32 Å². The Labute approximate surface area is 107 Å². The molecule has 0 aliphatic heterocycles. The van der Waals surface area contributed by atoms with Crippen LogP contribution in [0.25, 0.3) is 0 Å². The van der Waals surface area contributed by atoms with E-state index >= 15 is 0 Å². The highest BCUT2D eigenvalue weighted by molar-refractivity contribution is 7.92. The Kier molecular flexibility index (Phi) is 4.05. The molecule has 1 amide bonds. The number of carbonyl (C=O) groups is 2. The molecule has 0 aromatic carbocycles. The molecule has 0 bridgehead atoms. The summed E-state index contributed by atoms with van der Waals surface area (Å²) in [7, 11) is -3.50. The first-order valence-electron chi connectivity index (χ1n) is 5.79. The van der Waals surface area contributed by atoms with Gasteiger partial charge in [0.15, 0.2) is 9.84 Å². The number of amides is 1. The maximum Gasteiger partial charge on any atom is 0.306 e. The van der Waals surface area contributed by atoms with Crippen LogP contribution in [-0.2, 0) is 19.4 Å². The molecule has 0 aromatic heterocycles. The average Bonchev–Trinajstić information content (AvgIpc) is 2.64. The van der Waals surface area contributed by atoms with Crippen LogP contribution in [0, 0.1) is 5.92 Å². The van der Waals surface area contributed by atoms with Crippen LogP contribution in [0.2, 0.25) is 0 Å². The second kappa shape index (κ2) is 4.87. The van der Waals surface area contributed by atoms with E-state index in [1.54, 1.807) is 0 Å². The van der Waals surface area contributed by atoms with Gasteiger partial charge in [0, 0.05) is 12.3 Å². The maximum absolute atomic E-state index is 11.9. The largest absolute Gasteiger partial charge is 0.481 e.